The van der Waals surface area contributed by atoms with Crippen molar-refractivity contribution in [1.29, 1.82) is 0 Å². The summed E-state index contributed by atoms with van der Waals surface area (Å²) in [5, 5.41) is 3.21. The van der Waals surface area contributed by atoms with Crippen molar-refractivity contribution >= 4 is 28.8 Å². The summed E-state index contributed by atoms with van der Waals surface area (Å²) in [7, 11) is 1.77. The molecule has 1 aromatic carbocycles. The summed E-state index contributed by atoms with van der Waals surface area (Å²) < 4.78 is 0. The van der Waals surface area contributed by atoms with Crippen molar-refractivity contribution in [2.75, 3.05) is 7.05 Å². The highest BCUT2D eigenvalue weighted by atomic mass is 35.5. The normalized spacial score (nSPS) is 13.8. The van der Waals surface area contributed by atoms with E-state index in [0.29, 0.717) is 10.7 Å². The lowest BCUT2D eigenvalue weighted by atomic mass is 10.1. The number of rotatable bonds is 4. The van der Waals surface area contributed by atoms with Crippen molar-refractivity contribution in [3.63, 3.8) is 0 Å². The number of thiazole rings is 1. The van der Waals surface area contributed by atoms with E-state index in [1.54, 1.807) is 17.3 Å². The number of aromatic nitrogens is 1. The molecule has 4 nitrogen and oxygen atoms in total. The fourth-order valence-electron chi connectivity index (χ4n) is 1.92. The average Bonchev–Trinajstić information content (AvgIpc) is 2.96. The molecule has 0 spiro atoms. The van der Waals surface area contributed by atoms with E-state index in [9.17, 15) is 4.79 Å². The minimum atomic E-state index is -0.157. The van der Waals surface area contributed by atoms with Gasteiger partial charge in [-0.05, 0) is 31.5 Å². The van der Waals surface area contributed by atoms with Gasteiger partial charge in [-0.3, -0.25) is 4.79 Å². The van der Waals surface area contributed by atoms with Gasteiger partial charge in [-0.1, -0.05) is 23.7 Å². The lowest BCUT2D eigenvalue weighted by Crippen LogP contribution is -2.30. The maximum absolute atomic E-state index is 12.5. The lowest BCUT2D eigenvalue weighted by molar-refractivity contribution is 0.0737. The monoisotopic (exact) mass is 323 g/mol. The van der Waals surface area contributed by atoms with Crippen molar-refractivity contribution in [3.8, 4) is 0 Å². The van der Waals surface area contributed by atoms with Crippen LogP contribution in [0.1, 0.15) is 47.0 Å². The van der Waals surface area contributed by atoms with Crippen LogP contribution in [0.4, 0.5) is 0 Å². The Hall–Kier alpha value is -1.43. The zero-order chi connectivity index (χ0) is 15.6. The fourth-order valence-corrected chi connectivity index (χ4v) is 2.79. The molecule has 1 heterocycles. The van der Waals surface area contributed by atoms with E-state index in [1.165, 1.54) is 11.3 Å². The third-order valence-electron chi connectivity index (χ3n) is 3.38. The molecular weight excluding hydrogens is 306 g/mol. The summed E-state index contributed by atoms with van der Waals surface area (Å²) in [5.74, 6) is -0.111. The molecule has 0 radical (unpaired) electrons. The smallest absolute Gasteiger partial charge is 0.273 e. The maximum atomic E-state index is 12.5. The van der Waals surface area contributed by atoms with E-state index in [1.807, 2.05) is 38.1 Å². The van der Waals surface area contributed by atoms with Crippen molar-refractivity contribution in [3.05, 3.63) is 50.9 Å². The van der Waals surface area contributed by atoms with Crippen molar-refractivity contribution in [1.82, 2.24) is 9.88 Å². The Labute approximate surface area is 133 Å². The molecule has 1 aromatic heterocycles. The molecule has 0 bridgehead atoms. The second-order valence-corrected chi connectivity index (χ2v) is 6.33. The zero-order valence-corrected chi connectivity index (χ0v) is 13.8. The summed E-state index contributed by atoms with van der Waals surface area (Å²) in [6.07, 6.45) is 0. The highest BCUT2D eigenvalue weighted by Gasteiger charge is 2.21. The van der Waals surface area contributed by atoms with Crippen LogP contribution in [0, 0.1) is 0 Å². The van der Waals surface area contributed by atoms with Gasteiger partial charge in [0, 0.05) is 17.5 Å². The van der Waals surface area contributed by atoms with Gasteiger partial charge >= 0.3 is 0 Å². The topological polar surface area (TPSA) is 59.2 Å². The molecular formula is C15H18ClN3OS. The lowest BCUT2D eigenvalue weighted by Gasteiger charge is -2.24. The summed E-state index contributed by atoms with van der Waals surface area (Å²) in [4.78, 5) is 18.4. The van der Waals surface area contributed by atoms with Crippen LogP contribution in [0.25, 0.3) is 0 Å². The first kappa shape index (κ1) is 15.9. The summed E-state index contributed by atoms with van der Waals surface area (Å²) in [5.41, 5.74) is 7.25. The molecule has 0 aliphatic heterocycles. The van der Waals surface area contributed by atoms with Crippen LogP contribution in [0.15, 0.2) is 29.6 Å². The van der Waals surface area contributed by atoms with Gasteiger partial charge in [0.25, 0.3) is 5.91 Å². The van der Waals surface area contributed by atoms with E-state index >= 15 is 0 Å². The number of carbonyl (C=O) groups is 1. The number of halogens is 1. The number of hydrogen-bond acceptors (Lipinski definition) is 4. The van der Waals surface area contributed by atoms with E-state index in [0.717, 1.165) is 10.6 Å². The van der Waals surface area contributed by atoms with Crippen LogP contribution in [-0.4, -0.2) is 22.8 Å². The van der Waals surface area contributed by atoms with Crippen LogP contribution in [0.2, 0.25) is 5.02 Å². The molecule has 0 aliphatic rings. The van der Waals surface area contributed by atoms with Crippen molar-refractivity contribution < 1.29 is 4.79 Å². The molecule has 0 fully saturated rings. The zero-order valence-electron chi connectivity index (χ0n) is 12.2. The van der Waals surface area contributed by atoms with Crippen LogP contribution < -0.4 is 5.73 Å². The standard InChI is InChI=1S/C15H18ClN3OS/c1-9(17)14-18-13(8-21-14)15(20)19(3)10(2)11-4-6-12(16)7-5-11/h4-10H,17H2,1-3H3. The molecule has 2 atom stereocenters. The summed E-state index contributed by atoms with van der Waals surface area (Å²) >= 11 is 7.30. The minimum Gasteiger partial charge on any atom is -0.334 e. The van der Waals surface area contributed by atoms with Gasteiger partial charge in [-0.15, -0.1) is 11.3 Å². The Kier molecular flexibility index (Phi) is 4.98. The van der Waals surface area contributed by atoms with Crippen LogP contribution in [0.3, 0.4) is 0 Å². The van der Waals surface area contributed by atoms with Crippen LogP contribution >= 0.6 is 22.9 Å². The number of carbonyl (C=O) groups excluding carboxylic acids is 1. The molecule has 2 N–H and O–H groups in total. The van der Waals surface area contributed by atoms with Crippen LogP contribution in [-0.2, 0) is 0 Å². The van der Waals surface area contributed by atoms with Gasteiger partial charge in [0.2, 0.25) is 0 Å². The quantitative estimate of drug-likeness (QED) is 0.934. The molecule has 0 aliphatic carbocycles. The number of nitrogens with two attached hydrogens (primary N) is 1. The third-order valence-corrected chi connectivity index (χ3v) is 4.68. The van der Waals surface area contributed by atoms with E-state index in [2.05, 4.69) is 4.98 Å². The molecule has 2 aromatic rings. The second kappa shape index (κ2) is 6.56. The molecule has 1 amide bonds. The second-order valence-electron chi connectivity index (χ2n) is 5.00. The maximum Gasteiger partial charge on any atom is 0.273 e. The molecule has 2 rings (SSSR count). The van der Waals surface area contributed by atoms with E-state index in [-0.39, 0.29) is 18.0 Å². The predicted molar refractivity (Wildman–Crippen MR) is 86.7 cm³/mol. The Bertz CT molecular complexity index is 624. The van der Waals surface area contributed by atoms with Crippen molar-refractivity contribution in [2.24, 2.45) is 5.73 Å². The first-order valence-electron chi connectivity index (χ1n) is 6.63. The summed E-state index contributed by atoms with van der Waals surface area (Å²) in [6.45, 7) is 3.83. The van der Waals surface area contributed by atoms with Crippen LogP contribution in [0.5, 0.6) is 0 Å². The Balaban J connectivity index is 2.15. The van der Waals surface area contributed by atoms with Gasteiger partial charge in [-0.2, -0.15) is 0 Å². The van der Waals surface area contributed by atoms with Gasteiger partial charge in [-0.25, -0.2) is 4.98 Å². The Morgan fingerprint density at radius 3 is 2.48 bits per heavy atom. The molecule has 112 valence electrons. The van der Waals surface area contributed by atoms with Crippen molar-refractivity contribution in [2.45, 2.75) is 25.9 Å². The molecule has 0 saturated heterocycles. The highest BCUT2D eigenvalue weighted by molar-refractivity contribution is 7.09. The Morgan fingerprint density at radius 1 is 1.33 bits per heavy atom. The molecule has 2 unspecified atom stereocenters. The van der Waals surface area contributed by atoms with E-state index in [4.69, 9.17) is 17.3 Å². The Morgan fingerprint density at radius 2 is 1.95 bits per heavy atom. The molecule has 6 heteroatoms. The molecule has 21 heavy (non-hydrogen) atoms. The van der Waals surface area contributed by atoms with E-state index < -0.39 is 0 Å². The number of hydrogen-bond donors (Lipinski definition) is 1. The first-order valence-corrected chi connectivity index (χ1v) is 7.89. The number of nitrogens with zero attached hydrogens (tertiary/aromatic N) is 2. The van der Waals surface area contributed by atoms with Gasteiger partial charge in [0.05, 0.1) is 12.1 Å². The highest BCUT2D eigenvalue weighted by Crippen LogP contribution is 2.23. The van der Waals surface area contributed by atoms with Gasteiger partial charge in [0.1, 0.15) is 10.7 Å². The SMILES string of the molecule is CC(N)c1nc(C(=O)N(C)C(C)c2ccc(Cl)cc2)cs1. The number of amides is 1. The minimum absolute atomic E-state index is 0.0600. The third kappa shape index (κ3) is 3.61. The largest absolute Gasteiger partial charge is 0.334 e. The number of benzene rings is 1. The fraction of sp³-hybridized carbons (Fsp3) is 0.333. The summed E-state index contributed by atoms with van der Waals surface area (Å²) in [6, 6.07) is 7.27. The predicted octanol–water partition coefficient (Wildman–Crippen LogP) is 3.65. The first-order chi connectivity index (χ1) is 9.90. The average molecular weight is 324 g/mol. The van der Waals surface area contributed by atoms with Gasteiger partial charge in [0.15, 0.2) is 0 Å². The molecule has 0 saturated carbocycles. The van der Waals surface area contributed by atoms with Gasteiger partial charge < -0.3 is 10.6 Å².